The monoisotopic (exact) mass is 574 g/mol. The van der Waals surface area contributed by atoms with Crippen molar-refractivity contribution in [3.63, 3.8) is 0 Å². The third kappa shape index (κ3) is 5.44. The topological polar surface area (TPSA) is 160 Å². The number of aliphatic hydroxyl groups is 1. The van der Waals surface area contributed by atoms with Gasteiger partial charge in [0.25, 0.3) is 0 Å². The van der Waals surface area contributed by atoms with Crippen LogP contribution in [0.3, 0.4) is 0 Å². The number of carbonyl (C=O) groups excluding carboxylic acids is 1. The van der Waals surface area contributed by atoms with E-state index in [2.05, 4.69) is 33.6 Å². The van der Waals surface area contributed by atoms with Crippen molar-refractivity contribution in [3.8, 4) is 0 Å². The van der Waals surface area contributed by atoms with Crippen LogP contribution in [-0.4, -0.2) is 47.0 Å². The maximum absolute atomic E-state index is 14.5. The number of benzene rings is 2. The number of amidine groups is 1. The molecule has 210 valence electrons. The smallest absolute Gasteiger partial charge is 0.229 e. The van der Waals surface area contributed by atoms with Crippen molar-refractivity contribution < 1.29 is 27.4 Å². The molecule has 1 saturated carbocycles. The van der Waals surface area contributed by atoms with Crippen LogP contribution in [0.4, 0.5) is 11.4 Å². The second-order valence-corrected chi connectivity index (χ2v) is 14.3. The molecule has 5 rings (SSSR count). The van der Waals surface area contributed by atoms with E-state index in [1.807, 2.05) is 12.1 Å². The zero-order valence-corrected chi connectivity index (χ0v) is 23.7. The van der Waals surface area contributed by atoms with Crippen molar-refractivity contribution in [2.24, 2.45) is 16.2 Å². The minimum atomic E-state index is -3.85. The third-order valence-corrected chi connectivity index (χ3v) is 9.24. The largest absolute Gasteiger partial charge is 0.506 e. The Morgan fingerprint density at radius 2 is 1.90 bits per heavy atom. The fourth-order valence-corrected chi connectivity index (χ4v) is 6.83. The van der Waals surface area contributed by atoms with Crippen LogP contribution in [0.15, 0.2) is 57.3 Å². The number of nitrogens with one attached hydrogen (secondary N) is 3. The summed E-state index contributed by atoms with van der Waals surface area (Å²) in [4.78, 5) is 14.4. The van der Waals surface area contributed by atoms with Gasteiger partial charge in [0.2, 0.25) is 10.0 Å². The fraction of sp³-hybridized carbons (Fsp3) is 0.407. The van der Waals surface area contributed by atoms with Crippen LogP contribution in [0, 0.1) is 11.8 Å². The number of carbonyl (C=O) groups is 1. The first-order chi connectivity index (χ1) is 18.3. The normalized spacial score (nSPS) is 23.0. The molecular formula is C27H34N4O6S2. The van der Waals surface area contributed by atoms with E-state index in [9.17, 15) is 27.4 Å². The van der Waals surface area contributed by atoms with Gasteiger partial charge in [-0.15, -0.1) is 4.40 Å². The Hall–Kier alpha value is -2.90. The Kier molecular flexibility index (Phi) is 7.04. The molecule has 2 aromatic rings. The highest BCUT2D eigenvalue weighted by atomic mass is 32.3. The molecule has 1 aliphatic heterocycles. The number of hydrogen-bond acceptors (Lipinski definition) is 9. The Morgan fingerprint density at radius 3 is 2.56 bits per heavy atom. The minimum absolute atomic E-state index is 0.0263. The summed E-state index contributed by atoms with van der Waals surface area (Å²) in [6.45, 7) is 4.84. The first kappa shape index (κ1) is 27.7. The lowest BCUT2D eigenvalue weighted by atomic mass is 9.71. The van der Waals surface area contributed by atoms with Crippen molar-refractivity contribution in [1.82, 2.24) is 5.32 Å². The SMILES string of the molecule is CC(C)CCC1(NCC2CC2)C(=O)C(C2=NS(O)(O)c3cc(NS(C)(=O)=O)ccc3N2)=C(O)c2ccccc21. The number of aliphatic hydroxyl groups excluding tert-OH is 1. The molecular weight excluding hydrogens is 540 g/mol. The predicted octanol–water partition coefficient (Wildman–Crippen LogP) is 5.09. The van der Waals surface area contributed by atoms with Crippen molar-refractivity contribution in [2.75, 3.05) is 22.8 Å². The molecule has 1 heterocycles. The van der Waals surface area contributed by atoms with E-state index in [0.29, 0.717) is 35.9 Å². The molecule has 1 fully saturated rings. The van der Waals surface area contributed by atoms with Gasteiger partial charge in [-0.3, -0.25) is 18.6 Å². The molecule has 10 nitrogen and oxygen atoms in total. The molecule has 2 aromatic carbocycles. The summed E-state index contributed by atoms with van der Waals surface area (Å²) in [5.74, 6) is -0.0103. The molecule has 3 aliphatic rings. The lowest BCUT2D eigenvalue weighted by Gasteiger charge is -2.41. The Bertz CT molecular complexity index is 1490. The quantitative estimate of drug-likeness (QED) is 0.241. The lowest BCUT2D eigenvalue weighted by Crippen LogP contribution is -2.54. The number of rotatable bonds is 9. The van der Waals surface area contributed by atoms with Gasteiger partial charge in [0.1, 0.15) is 21.8 Å². The Morgan fingerprint density at radius 1 is 1.18 bits per heavy atom. The van der Waals surface area contributed by atoms with Crippen LogP contribution in [0.2, 0.25) is 0 Å². The fourth-order valence-electron chi connectivity index (χ4n) is 5.08. The maximum atomic E-state index is 14.5. The average molecular weight is 575 g/mol. The molecule has 12 heteroatoms. The van der Waals surface area contributed by atoms with Gasteiger partial charge >= 0.3 is 0 Å². The lowest BCUT2D eigenvalue weighted by molar-refractivity contribution is -0.122. The zero-order valence-electron chi connectivity index (χ0n) is 22.1. The van der Waals surface area contributed by atoms with Crippen LogP contribution in [0.5, 0.6) is 0 Å². The standard InChI is InChI=1S/C27H34N4O6S2/c1-16(2)12-13-27(28-15-17-8-9-17)20-7-5-4-6-19(20)24(32)23(25(27)33)26-29-21-11-10-18(30-38(3,34)35)14-22(21)39(36,37)31-26/h4-7,10-11,14,16-17,28,30,32,36-37H,8-9,12-13,15H2,1-3H3,(H,29,31). The van der Waals surface area contributed by atoms with Crippen molar-refractivity contribution in [1.29, 1.82) is 0 Å². The van der Waals surface area contributed by atoms with Crippen LogP contribution in [-0.2, 0) is 20.4 Å². The molecule has 1 unspecified atom stereocenters. The van der Waals surface area contributed by atoms with Gasteiger partial charge in [0.15, 0.2) is 11.6 Å². The van der Waals surface area contributed by atoms with Crippen LogP contribution in [0.1, 0.15) is 50.7 Å². The Labute approximate surface area is 230 Å². The molecule has 1 atom stereocenters. The molecule has 0 saturated heterocycles. The molecule has 0 aromatic heterocycles. The highest BCUT2D eigenvalue weighted by Gasteiger charge is 2.50. The van der Waals surface area contributed by atoms with Gasteiger partial charge in [-0.2, -0.15) is 0 Å². The summed E-state index contributed by atoms with van der Waals surface area (Å²) >= 11 is 0. The second-order valence-electron chi connectivity index (χ2n) is 10.9. The number of sulfonamides is 1. The van der Waals surface area contributed by atoms with Crippen LogP contribution < -0.4 is 15.4 Å². The van der Waals surface area contributed by atoms with E-state index in [0.717, 1.165) is 25.5 Å². The van der Waals surface area contributed by atoms with Crippen molar-refractivity contribution in [2.45, 2.75) is 50.0 Å². The molecule has 39 heavy (non-hydrogen) atoms. The zero-order chi connectivity index (χ0) is 28.2. The van der Waals surface area contributed by atoms with Gasteiger partial charge in [-0.1, -0.05) is 48.9 Å². The van der Waals surface area contributed by atoms with Gasteiger partial charge in [0.05, 0.1) is 17.6 Å². The molecule has 0 bridgehead atoms. The van der Waals surface area contributed by atoms with Gasteiger partial charge in [-0.25, -0.2) is 8.42 Å². The number of hydrogen-bond donors (Lipinski definition) is 6. The number of ketones is 1. The number of anilines is 2. The highest BCUT2D eigenvalue weighted by molar-refractivity contribution is 8.23. The summed E-state index contributed by atoms with van der Waals surface area (Å²) in [7, 11) is -7.45. The predicted molar refractivity (Wildman–Crippen MR) is 155 cm³/mol. The maximum Gasteiger partial charge on any atom is 0.229 e. The van der Waals surface area contributed by atoms with Gasteiger partial charge < -0.3 is 15.7 Å². The first-order valence-electron chi connectivity index (χ1n) is 12.9. The number of fused-ring (bicyclic) bond motifs is 2. The van der Waals surface area contributed by atoms with E-state index in [-0.39, 0.29) is 39.2 Å². The minimum Gasteiger partial charge on any atom is -0.506 e. The van der Waals surface area contributed by atoms with E-state index < -0.39 is 26.3 Å². The first-order valence-corrected chi connectivity index (χ1v) is 16.3. The summed E-state index contributed by atoms with van der Waals surface area (Å²) < 4.78 is 51.8. The van der Waals surface area contributed by atoms with Crippen molar-refractivity contribution >= 4 is 49.6 Å². The average Bonchev–Trinajstić information content (AvgIpc) is 3.68. The summed E-state index contributed by atoms with van der Waals surface area (Å²) in [5, 5.41) is 18.0. The molecule has 0 amide bonds. The molecule has 6 N–H and O–H groups in total. The van der Waals surface area contributed by atoms with E-state index in [1.165, 1.54) is 18.2 Å². The third-order valence-electron chi connectivity index (χ3n) is 7.27. The van der Waals surface area contributed by atoms with Crippen molar-refractivity contribution in [3.05, 3.63) is 59.2 Å². The van der Waals surface area contributed by atoms with Gasteiger partial charge in [-0.05, 0) is 67.8 Å². The van der Waals surface area contributed by atoms with E-state index >= 15 is 0 Å². The van der Waals surface area contributed by atoms with Gasteiger partial charge in [0, 0.05) is 5.56 Å². The molecule has 0 radical (unpaired) electrons. The number of nitrogens with zero attached hydrogens (tertiary/aromatic N) is 1. The number of Topliss-reactive ketones (excluding diaryl/α,β-unsaturated/α-hetero) is 1. The van der Waals surface area contributed by atoms with E-state index in [4.69, 9.17) is 0 Å². The Balaban J connectivity index is 1.61. The van der Waals surface area contributed by atoms with Crippen LogP contribution >= 0.6 is 10.8 Å². The molecule has 2 aliphatic carbocycles. The summed E-state index contributed by atoms with van der Waals surface area (Å²) in [5.41, 5.74) is 0.311. The summed E-state index contributed by atoms with van der Waals surface area (Å²) in [6, 6.07) is 11.5. The highest BCUT2D eigenvalue weighted by Crippen LogP contribution is 2.57. The molecule has 0 spiro atoms. The van der Waals surface area contributed by atoms with Crippen LogP contribution in [0.25, 0.3) is 5.76 Å². The van der Waals surface area contributed by atoms with E-state index in [1.54, 1.807) is 12.1 Å². The summed E-state index contributed by atoms with van der Waals surface area (Å²) in [6.07, 6.45) is 4.42. The second kappa shape index (κ2) is 9.93.